The standard InChI is InChI=1S/C17H22N4.ClH/c1-2-4-17(5-3-1)21-12-14(10-18-21)11-20-9-8-15-6-7-16(13-20)19-15;/h1-5,10,12,15-16,19H,6-9,11,13H2;1H. The Hall–Kier alpha value is -1.36. The molecule has 1 N–H and O–H groups in total. The van der Waals surface area contributed by atoms with Crippen molar-refractivity contribution in [3.63, 3.8) is 0 Å². The Morgan fingerprint density at radius 2 is 1.91 bits per heavy atom. The van der Waals surface area contributed by atoms with Gasteiger partial charge in [0.1, 0.15) is 0 Å². The summed E-state index contributed by atoms with van der Waals surface area (Å²) in [6.45, 7) is 3.38. The van der Waals surface area contributed by atoms with E-state index in [-0.39, 0.29) is 12.4 Å². The second-order valence-corrected chi connectivity index (χ2v) is 6.29. The molecule has 0 spiro atoms. The van der Waals surface area contributed by atoms with Gasteiger partial charge in [-0.3, -0.25) is 4.90 Å². The predicted molar refractivity (Wildman–Crippen MR) is 90.7 cm³/mol. The number of para-hydroxylation sites is 1. The number of halogens is 1. The number of aromatic nitrogens is 2. The average molecular weight is 319 g/mol. The normalized spacial score (nSPS) is 24.7. The third-order valence-electron chi connectivity index (χ3n) is 4.67. The van der Waals surface area contributed by atoms with Crippen molar-refractivity contribution in [2.75, 3.05) is 13.1 Å². The van der Waals surface area contributed by atoms with E-state index in [4.69, 9.17) is 0 Å². The zero-order valence-electron chi connectivity index (χ0n) is 12.7. The molecule has 0 amide bonds. The number of rotatable bonds is 3. The molecule has 2 aromatic rings. The summed E-state index contributed by atoms with van der Waals surface area (Å²) in [4.78, 5) is 2.57. The smallest absolute Gasteiger partial charge is 0.0645 e. The number of hydrogen-bond acceptors (Lipinski definition) is 3. The Kier molecular flexibility index (Phi) is 4.81. The van der Waals surface area contributed by atoms with E-state index in [1.54, 1.807) is 0 Å². The summed E-state index contributed by atoms with van der Waals surface area (Å²) in [5, 5.41) is 8.23. The van der Waals surface area contributed by atoms with Crippen LogP contribution in [-0.4, -0.2) is 39.9 Å². The summed E-state index contributed by atoms with van der Waals surface area (Å²) in [5.41, 5.74) is 2.43. The second-order valence-electron chi connectivity index (χ2n) is 6.29. The topological polar surface area (TPSA) is 33.1 Å². The van der Waals surface area contributed by atoms with E-state index in [9.17, 15) is 0 Å². The van der Waals surface area contributed by atoms with Crippen LogP contribution in [-0.2, 0) is 6.54 Å². The van der Waals surface area contributed by atoms with Crippen molar-refractivity contribution in [3.05, 3.63) is 48.3 Å². The Morgan fingerprint density at radius 3 is 2.77 bits per heavy atom. The fourth-order valence-electron chi connectivity index (χ4n) is 3.58. The van der Waals surface area contributed by atoms with E-state index < -0.39 is 0 Å². The number of fused-ring (bicyclic) bond motifs is 2. The molecule has 2 bridgehead atoms. The largest absolute Gasteiger partial charge is 0.310 e. The van der Waals surface area contributed by atoms with Crippen LogP contribution < -0.4 is 5.32 Å². The molecule has 5 heteroatoms. The highest BCUT2D eigenvalue weighted by Gasteiger charge is 2.29. The monoisotopic (exact) mass is 318 g/mol. The van der Waals surface area contributed by atoms with Gasteiger partial charge >= 0.3 is 0 Å². The quantitative estimate of drug-likeness (QED) is 0.944. The number of nitrogens with one attached hydrogen (secondary N) is 1. The van der Waals surface area contributed by atoms with Gasteiger partial charge in [-0.25, -0.2) is 4.68 Å². The summed E-state index contributed by atoms with van der Waals surface area (Å²) in [5.74, 6) is 0. The van der Waals surface area contributed by atoms with Crippen LogP contribution in [0.2, 0.25) is 0 Å². The fourth-order valence-corrected chi connectivity index (χ4v) is 3.58. The third kappa shape index (κ3) is 3.35. The van der Waals surface area contributed by atoms with E-state index in [0.717, 1.165) is 18.3 Å². The lowest BCUT2D eigenvalue weighted by atomic mass is 10.1. The van der Waals surface area contributed by atoms with Crippen LogP contribution in [0.5, 0.6) is 0 Å². The molecule has 2 saturated heterocycles. The highest BCUT2D eigenvalue weighted by molar-refractivity contribution is 5.85. The van der Waals surface area contributed by atoms with Gasteiger partial charge in [-0.1, -0.05) is 18.2 Å². The Morgan fingerprint density at radius 1 is 1.09 bits per heavy atom. The van der Waals surface area contributed by atoms with Crippen molar-refractivity contribution < 1.29 is 0 Å². The number of likely N-dealkylation sites (tertiary alicyclic amines) is 1. The molecule has 2 aliphatic heterocycles. The molecular formula is C17H23ClN4. The first-order valence-corrected chi connectivity index (χ1v) is 7.94. The minimum Gasteiger partial charge on any atom is -0.310 e. The van der Waals surface area contributed by atoms with Gasteiger partial charge in [0.15, 0.2) is 0 Å². The van der Waals surface area contributed by atoms with E-state index in [2.05, 4.69) is 33.6 Å². The summed E-state index contributed by atoms with van der Waals surface area (Å²) in [6.07, 6.45) is 8.15. The maximum Gasteiger partial charge on any atom is 0.0645 e. The molecule has 1 aromatic carbocycles. The first kappa shape index (κ1) is 15.5. The Labute approximate surface area is 137 Å². The molecule has 3 heterocycles. The molecule has 1 aromatic heterocycles. The van der Waals surface area contributed by atoms with E-state index in [1.807, 2.05) is 29.1 Å². The molecule has 0 saturated carbocycles. The minimum atomic E-state index is 0. The highest BCUT2D eigenvalue weighted by Crippen LogP contribution is 2.21. The van der Waals surface area contributed by atoms with Gasteiger partial charge in [0.25, 0.3) is 0 Å². The maximum absolute atomic E-state index is 4.50. The first-order valence-electron chi connectivity index (χ1n) is 7.94. The lowest BCUT2D eigenvalue weighted by Gasteiger charge is -2.23. The fraction of sp³-hybridized carbons (Fsp3) is 0.471. The van der Waals surface area contributed by atoms with Crippen LogP contribution in [0.15, 0.2) is 42.7 Å². The van der Waals surface area contributed by atoms with Gasteiger partial charge in [0, 0.05) is 43.5 Å². The van der Waals surface area contributed by atoms with Crippen molar-refractivity contribution in [2.45, 2.75) is 37.9 Å². The van der Waals surface area contributed by atoms with Gasteiger partial charge in [-0.2, -0.15) is 5.10 Å². The van der Waals surface area contributed by atoms with Crippen molar-refractivity contribution in [2.24, 2.45) is 0 Å². The van der Waals surface area contributed by atoms with E-state index in [0.29, 0.717) is 6.04 Å². The molecule has 2 aliphatic rings. The van der Waals surface area contributed by atoms with Crippen LogP contribution in [0.1, 0.15) is 24.8 Å². The Balaban J connectivity index is 0.00000144. The van der Waals surface area contributed by atoms with Crippen molar-refractivity contribution in [1.29, 1.82) is 0 Å². The average Bonchev–Trinajstić information content (AvgIpc) is 3.09. The van der Waals surface area contributed by atoms with Crippen LogP contribution >= 0.6 is 12.4 Å². The Bertz CT molecular complexity index is 598. The third-order valence-corrected chi connectivity index (χ3v) is 4.67. The molecule has 2 fully saturated rings. The SMILES string of the molecule is Cl.c1ccc(-n2cc(CN3CCC4CCC(C3)N4)cn2)cc1. The summed E-state index contributed by atoms with van der Waals surface area (Å²) in [6, 6.07) is 11.8. The predicted octanol–water partition coefficient (Wildman–Crippen LogP) is 2.62. The number of benzene rings is 1. The molecule has 22 heavy (non-hydrogen) atoms. The number of nitrogens with zero attached hydrogens (tertiary/aromatic N) is 3. The van der Waals surface area contributed by atoms with E-state index >= 15 is 0 Å². The van der Waals surface area contributed by atoms with Crippen LogP contribution in [0.4, 0.5) is 0 Å². The molecule has 4 nitrogen and oxygen atoms in total. The van der Waals surface area contributed by atoms with Crippen LogP contribution in [0.3, 0.4) is 0 Å². The van der Waals surface area contributed by atoms with Gasteiger partial charge in [0.2, 0.25) is 0 Å². The van der Waals surface area contributed by atoms with Crippen molar-refractivity contribution >= 4 is 12.4 Å². The van der Waals surface area contributed by atoms with E-state index in [1.165, 1.54) is 37.9 Å². The summed E-state index contributed by atoms with van der Waals surface area (Å²) >= 11 is 0. The number of hydrogen-bond donors (Lipinski definition) is 1. The van der Waals surface area contributed by atoms with Gasteiger partial charge in [0.05, 0.1) is 11.9 Å². The second kappa shape index (κ2) is 6.82. The van der Waals surface area contributed by atoms with Gasteiger partial charge in [-0.15, -0.1) is 12.4 Å². The minimum absolute atomic E-state index is 0. The molecule has 118 valence electrons. The summed E-state index contributed by atoms with van der Waals surface area (Å²) < 4.78 is 1.97. The molecule has 0 radical (unpaired) electrons. The summed E-state index contributed by atoms with van der Waals surface area (Å²) in [7, 11) is 0. The molecule has 4 rings (SSSR count). The molecule has 2 atom stereocenters. The molecule has 0 aliphatic carbocycles. The zero-order chi connectivity index (χ0) is 14.1. The van der Waals surface area contributed by atoms with Crippen molar-refractivity contribution in [1.82, 2.24) is 20.0 Å². The highest BCUT2D eigenvalue weighted by atomic mass is 35.5. The first-order chi connectivity index (χ1) is 10.4. The van der Waals surface area contributed by atoms with Crippen LogP contribution in [0, 0.1) is 0 Å². The van der Waals surface area contributed by atoms with Gasteiger partial charge in [-0.05, 0) is 31.4 Å². The maximum atomic E-state index is 4.50. The lowest BCUT2D eigenvalue weighted by Crippen LogP contribution is -2.34. The van der Waals surface area contributed by atoms with Gasteiger partial charge < -0.3 is 5.32 Å². The lowest BCUT2D eigenvalue weighted by molar-refractivity contribution is 0.251. The van der Waals surface area contributed by atoms with Crippen molar-refractivity contribution in [3.8, 4) is 5.69 Å². The molecule has 2 unspecified atom stereocenters. The molecular weight excluding hydrogens is 296 g/mol. The zero-order valence-corrected chi connectivity index (χ0v) is 13.5. The van der Waals surface area contributed by atoms with Crippen LogP contribution in [0.25, 0.3) is 5.69 Å².